The lowest BCUT2D eigenvalue weighted by molar-refractivity contribution is 0.241. The maximum Gasteiger partial charge on any atom is 0.179 e. The van der Waals surface area contributed by atoms with Crippen LogP contribution in [0, 0.1) is 5.82 Å². The predicted octanol–water partition coefficient (Wildman–Crippen LogP) is 2.09. The molecule has 0 aromatic heterocycles. The predicted molar refractivity (Wildman–Crippen MR) is 68.7 cm³/mol. The number of piperidine rings is 1. The molecule has 1 aromatic rings. The van der Waals surface area contributed by atoms with Crippen LogP contribution in [0.15, 0.2) is 29.2 Å². The van der Waals surface area contributed by atoms with Crippen molar-refractivity contribution in [3.8, 4) is 0 Å². The van der Waals surface area contributed by atoms with Crippen molar-refractivity contribution < 1.29 is 12.8 Å². The van der Waals surface area contributed by atoms with E-state index in [4.69, 9.17) is 0 Å². The van der Waals surface area contributed by atoms with Crippen LogP contribution >= 0.6 is 0 Å². The first-order valence-electron chi connectivity index (χ1n) is 6.29. The van der Waals surface area contributed by atoms with Gasteiger partial charge in [-0.2, -0.15) is 0 Å². The molecular weight excluding hydrogens is 253 g/mol. The van der Waals surface area contributed by atoms with E-state index >= 15 is 0 Å². The van der Waals surface area contributed by atoms with Crippen molar-refractivity contribution in [3.05, 3.63) is 30.1 Å². The van der Waals surface area contributed by atoms with Crippen LogP contribution in [-0.2, 0) is 9.84 Å². The summed E-state index contributed by atoms with van der Waals surface area (Å²) in [5.74, 6) is -0.440. The third kappa shape index (κ3) is 3.53. The maximum absolute atomic E-state index is 13.0. The first-order valence-corrected chi connectivity index (χ1v) is 7.94. The summed E-state index contributed by atoms with van der Waals surface area (Å²) in [5.41, 5.74) is 0. The standard InChI is InChI=1S/C13H18FNO2S/c14-12-5-4-6-13(11-12)18(16,17)10-9-15-7-2-1-3-8-15/h4-6,11H,1-3,7-10H2. The van der Waals surface area contributed by atoms with Gasteiger partial charge in [-0.25, -0.2) is 12.8 Å². The summed E-state index contributed by atoms with van der Waals surface area (Å²) in [5, 5.41) is 0. The van der Waals surface area contributed by atoms with E-state index in [0.717, 1.165) is 32.0 Å². The summed E-state index contributed by atoms with van der Waals surface area (Å²) < 4.78 is 37.1. The van der Waals surface area contributed by atoms with Gasteiger partial charge in [-0.3, -0.25) is 0 Å². The minimum absolute atomic E-state index is 0.0659. The van der Waals surface area contributed by atoms with Crippen molar-refractivity contribution in [1.29, 1.82) is 0 Å². The molecule has 1 fully saturated rings. The Labute approximate surface area is 108 Å². The fourth-order valence-electron chi connectivity index (χ4n) is 2.21. The smallest absolute Gasteiger partial charge is 0.179 e. The molecule has 18 heavy (non-hydrogen) atoms. The van der Waals surface area contributed by atoms with E-state index in [0.29, 0.717) is 6.54 Å². The largest absolute Gasteiger partial charge is 0.302 e. The number of nitrogens with zero attached hydrogens (tertiary/aromatic N) is 1. The summed E-state index contributed by atoms with van der Waals surface area (Å²) in [4.78, 5) is 2.25. The van der Waals surface area contributed by atoms with E-state index in [1.54, 1.807) is 0 Å². The minimum atomic E-state index is -3.36. The highest BCUT2D eigenvalue weighted by Crippen LogP contribution is 2.14. The van der Waals surface area contributed by atoms with Gasteiger partial charge in [-0.1, -0.05) is 12.5 Å². The Morgan fingerprint density at radius 3 is 2.56 bits per heavy atom. The van der Waals surface area contributed by atoms with Gasteiger partial charge in [0, 0.05) is 6.54 Å². The topological polar surface area (TPSA) is 37.4 Å². The summed E-state index contributed by atoms with van der Waals surface area (Å²) in [6, 6.07) is 5.23. The average molecular weight is 271 g/mol. The van der Waals surface area contributed by atoms with Crippen LogP contribution in [-0.4, -0.2) is 38.7 Å². The highest BCUT2D eigenvalue weighted by molar-refractivity contribution is 7.91. The lowest BCUT2D eigenvalue weighted by Gasteiger charge is -2.26. The van der Waals surface area contributed by atoms with E-state index in [2.05, 4.69) is 4.90 Å². The molecule has 0 radical (unpaired) electrons. The molecule has 1 aliphatic heterocycles. The second-order valence-electron chi connectivity index (χ2n) is 4.68. The Bertz CT molecular complexity index is 495. The maximum atomic E-state index is 13.0. The monoisotopic (exact) mass is 271 g/mol. The molecular formula is C13H18FNO2S. The van der Waals surface area contributed by atoms with E-state index in [1.807, 2.05) is 0 Å². The molecule has 1 aromatic carbocycles. The quantitative estimate of drug-likeness (QED) is 0.841. The molecule has 3 nitrogen and oxygen atoms in total. The fraction of sp³-hybridized carbons (Fsp3) is 0.538. The normalized spacial score (nSPS) is 17.8. The molecule has 1 heterocycles. The van der Waals surface area contributed by atoms with Gasteiger partial charge in [0.15, 0.2) is 9.84 Å². The third-order valence-electron chi connectivity index (χ3n) is 3.28. The Morgan fingerprint density at radius 2 is 1.89 bits per heavy atom. The first kappa shape index (κ1) is 13.5. The second kappa shape index (κ2) is 5.80. The van der Waals surface area contributed by atoms with Crippen LogP contribution in [0.25, 0.3) is 0 Å². The van der Waals surface area contributed by atoms with Crippen molar-refractivity contribution >= 4 is 9.84 Å². The summed E-state index contributed by atoms with van der Waals surface area (Å²) >= 11 is 0. The fourth-order valence-corrected chi connectivity index (χ4v) is 3.52. The molecule has 0 aliphatic carbocycles. The van der Waals surface area contributed by atoms with Crippen molar-refractivity contribution in [3.63, 3.8) is 0 Å². The van der Waals surface area contributed by atoms with E-state index in [1.165, 1.54) is 24.6 Å². The molecule has 0 bridgehead atoms. The van der Waals surface area contributed by atoms with Gasteiger partial charge in [0.05, 0.1) is 10.6 Å². The van der Waals surface area contributed by atoms with Gasteiger partial charge in [0.1, 0.15) is 5.82 Å². The molecule has 0 unspecified atom stereocenters. The molecule has 1 saturated heterocycles. The number of rotatable bonds is 4. The van der Waals surface area contributed by atoms with E-state index in [-0.39, 0.29) is 10.6 Å². The van der Waals surface area contributed by atoms with Crippen LogP contribution in [0.4, 0.5) is 4.39 Å². The highest BCUT2D eigenvalue weighted by atomic mass is 32.2. The van der Waals surface area contributed by atoms with Crippen molar-refractivity contribution in [2.24, 2.45) is 0 Å². The van der Waals surface area contributed by atoms with Gasteiger partial charge in [0.2, 0.25) is 0 Å². The number of hydrogen-bond donors (Lipinski definition) is 0. The first-order chi connectivity index (χ1) is 8.58. The molecule has 5 heteroatoms. The minimum Gasteiger partial charge on any atom is -0.302 e. The van der Waals surface area contributed by atoms with E-state index < -0.39 is 15.7 Å². The Kier molecular flexibility index (Phi) is 4.35. The van der Waals surface area contributed by atoms with Gasteiger partial charge in [0.25, 0.3) is 0 Å². The molecule has 1 aliphatic rings. The summed E-state index contributed by atoms with van der Waals surface area (Å²) in [6.45, 7) is 2.48. The van der Waals surface area contributed by atoms with Gasteiger partial charge >= 0.3 is 0 Å². The van der Waals surface area contributed by atoms with Crippen molar-refractivity contribution in [2.75, 3.05) is 25.4 Å². The number of likely N-dealkylation sites (tertiary alicyclic amines) is 1. The van der Waals surface area contributed by atoms with Crippen LogP contribution in [0.3, 0.4) is 0 Å². The Hall–Kier alpha value is -0.940. The Morgan fingerprint density at radius 1 is 1.17 bits per heavy atom. The number of hydrogen-bond acceptors (Lipinski definition) is 3. The molecule has 0 N–H and O–H groups in total. The molecule has 0 amide bonds. The van der Waals surface area contributed by atoms with E-state index in [9.17, 15) is 12.8 Å². The van der Waals surface area contributed by atoms with Crippen LogP contribution < -0.4 is 0 Å². The summed E-state index contributed by atoms with van der Waals surface area (Å²) in [7, 11) is -3.36. The SMILES string of the molecule is O=S(=O)(CCN1CCCCC1)c1cccc(F)c1. The lowest BCUT2D eigenvalue weighted by Crippen LogP contribution is -2.33. The van der Waals surface area contributed by atoms with Gasteiger partial charge in [-0.15, -0.1) is 0 Å². The molecule has 0 saturated carbocycles. The number of halogens is 1. The van der Waals surface area contributed by atoms with Crippen LogP contribution in [0.1, 0.15) is 19.3 Å². The molecule has 0 spiro atoms. The molecule has 0 atom stereocenters. The van der Waals surface area contributed by atoms with Crippen molar-refractivity contribution in [2.45, 2.75) is 24.2 Å². The average Bonchev–Trinajstić information content (AvgIpc) is 2.38. The van der Waals surface area contributed by atoms with Gasteiger partial charge < -0.3 is 4.90 Å². The third-order valence-corrected chi connectivity index (χ3v) is 4.97. The zero-order valence-electron chi connectivity index (χ0n) is 10.3. The van der Waals surface area contributed by atoms with Crippen LogP contribution in [0.5, 0.6) is 0 Å². The van der Waals surface area contributed by atoms with Crippen LogP contribution in [0.2, 0.25) is 0 Å². The highest BCUT2D eigenvalue weighted by Gasteiger charge is 2.18. The zero-order valence-corrected chi connectivity index (χ0v) is 11.1. The zero-order chi connectivity index (χ0) is 13.0. The number of sulfone groups is 1. The van der Waals surface area contributed by atoms with Crippen molar-refractivity contribution in [1.82, 2.24) is 4.90 Å². The number of benzene rings is 1. The Balaban J connectivity index is 1.98. The lowest BCUT2D eigenvalue weighted by atomic mass is 10.1. The summed E-state index contributed by atoms with van der Waals surface area (Å²) in [6.07, 6.45) is 3.51. The van der Waals surface area contributed by atoms with Gasteiger partial charge in [-0.05, 0) is 44.1 Å². The molecule has 100 valence electrons. The second-order valence-corrected chi connectivity index (χ2v) is 6.79. The molecule has 2 rings (SSSR count).